The first-order valence-electron chi connectivity index (χ1n) is 5.09. The quantitative estimate of drug-likeness (QED) is 0.847. The van der Waals surface area contributed by atoms with Crippen molar-refractivity contribution in [1.82, 2.24) is 5.32 Å². The van der Waals surface area contributed by atoms with E-state index in [-0.39, 0.29) is 0 Å². The van der Waals surface area contributed by atoms with Gasteiger partial charge in [-0.1, -0.05) is 15.9 Å². The Labute approximate surface area is 108 Å². The molecule has 5 heteroatoms. The average Bonchev–Trinajstić information content (AvgIpc) is 2.71. The summed E-state index contributed by atoms with van der Waals surface area (Å²) in [6.45, 7) is 2.19. The van der Waals surface area contributed by atoms with Crippen molar-refractivity contribution in [3.8, 4) is 11.5 Å². The van der Waals surface area contributed by atoms with Crippen molar-refractivity contribution in [1.29, 1.82) is 0 Å². The molecular formula is C11H14BrNO2S. The van der Waals surface area contributed by atoms with E-state index in [0.717, 1.165) is 34.8 Å². The molecule has 3 nitrogen and oxygen atoms in total. The maximum atomic E-state index is 5.35. The molecule has 16 heavy (non-hydrogen) atoms. The molecule has 1 aromatic carbocycles. The maximum Gasteiger partial charge on any atom is 0.231 e. The molecule has 1 heterocycles. The van der Waals surface area contributed by atoms with Crippen LogP contribution in [0.25, 0.3) is 0 Å². The summed E-state index contributed by atoms with van der Waals surface area (Å²) in [6.07, 6.45) is 2.11. The third kappa shape index (κ3) is 2.84. The van der Waals surface area contributed by atoms with E-state index in [4.69, 9.17) is 9.47 Å². The number of rotatable bonds is 5. The number of benzene rings is 1. The summed E-state index contributed by atoms with van der Waals surface area (Å²) in [7, 11) is 0. The average molecular weight is 304 g/mol. The Morgan fingerprint density at radius 2 is 2.12 bits per heavy atom. The van der Waals surface area contributed by atoms with E-state index in [1.165, 1.54) is 5.56 Å². The normalized spacial score (nSPS) is 13.1. The fraction of sp³-hybridized carbons (Fsp3) is 0.455. The van der Waals surface area contributed by atoms with Crippen molar-refractivity contribution in [3.05, 3.63) is 22.2 Å². The summed E-state index contributed by atoms with van der Waals surface area (Å²) in [5.41, 5.74) is 1.20. The molecule has 0 aliphatic carbocycles. The predicted octanol–water partition coefficient (Wildman–Crippen LogP) is 2.63. The summed E-state index contributed by atoms with van der Waals surface area (Å²) in [5, 5.41) is 3.39. The second-order valence-electron chi connectivity index (χ2n) is 3.47. The molecule has 0 unspecified atom stereocenters. The molecule has 1 N–H and O–H groups in total. The Balaban J connectivity index is 1.98. The second kappa shape index (κ2) is 5.80. The first kappa shape index (κ1) is 12.1. The summed E-state index contributed by atoms with van der Waals surface area (Å²) in [5.74, 6) is 2.78. The molecule has 0 saturated heterocycles. The smallest absolute Gasteiger partial charge is 0.231 e. The summed E-state index contributed by atoms with van der Waals surface area (Å²) in [6, 6.07) is 3.99. The van der Waals surface area contributed by atoms with Gasteiger partial charge >= 0.3 is 0 Å². The summed E-state index contributed by atoms with van der Waals surface area (Å²) in [4.78, 5) is 0. The van der Waals surface area contributed by atoms with Crippen LogP contribution in [-0.4, -0.2) is 25.3 Å². The zero-order chi connectivity index (χ0) is 11.4. The van der Waals surface area contributed by atoms with Gasteiger partial charge in [-0.15, -0.1) is 0 Å². The summed E-state index contributed by atoms with van der Waals surface area (Å²) >= 11 is 5.38. The van der Waals surface area contributed by atoms with Crippen LogP contribution in [-0.2, 0) is 6.54 Å². The minimum absolute atomic E-state index is 0.325. The molecule has 0 saturated carbocycles. The van der Waals surface area contributed by atoms with E-state index in [9.17, 15) is 0 Å². The number of fused-ring (bicyclic) bond motifs is 1. The number of nitrogens with one attached hydrogen (secondary N) is 1. The number of ether oxygens (including phenoxy) is 2. The van der Waals surface area contributed by atoms with Crippen LogP contribution < -0.4 is 14.8 Å². The van der Waals surface area contributed by atoms with Gasteiger partial charge in [-0.05, 0) is 24.0 Å². The number of thioether (sulfide) groups is 1. The van der Waals surface area contributed by atoms with Crippen LogP contribution >= 0.6 is 27.7 Å². The monoisotopic (exact) mass is 303 g/mol. The van der Waals surface area contributed by atoms with Crippen LogP contribution in [0.2, 0.25) is 0 Å². The van der Waals surface area contributed by atoms with Gasteiger partial charge in [-0.2, -0.15) is 11.8 Å². The Hall–Kier alpha value is -0.390. The van der Waals surface area contributed by atoms with E-state index in [1.807, 2.05) is 23.9 Å². The highest BCUT2D eigenvalue weighted by Gasteiger charge is 2.15. The van der Waals surface area contributed by atoms with E-state index < -0.39 is 0 Å². The van der Waals surface area contributed by atoms with Gasteiger partial charge in [0.15, 0.2) is 11.5 Å². The minimum atomic E-state index is 0.325. The second-order valence-corrected chi connectivity index (χ2v) is 5.31. The topological polar surface area (TPSA) is 30.5 Å². The van der Waals surface area contributed by atoms with Gasteiger partial charge in [0.1, 0.15) is 0 Å². The molecule has 1 aliphatic rings. The molecule has 0 atom stereocenters. The lowest BCUT2D eigenvalue weighted by molar-refractivity contribution is 0.174. The van der Waals surface area contributed by atoms with Crippen molar-refractivity contribution in [2.24, 2.45) is 0 Å². The molecule has 0 fully saturated rings. The van der Waals surface area contributed by atoms with E-state index in [2.05, 4.69) is 27.5 Å². The van der Waals surface area contributed by atoms with Crippen molar-refractivity contribution in [3.63, 3.8) is 0 Å². The van der Waals surface area contributed by atoms with Gasteiger partial charge in [-0.3, -0.25) is 0 Å². The van der Waals surface area contributed by atoms with Gasteiger partial charge in [0, 0.05) is 23.3 Å². The van der Waals surface area contributed by atoms with Crippen LogP contribution in [0, 0.1) is 0 Å². The zero-order valence-corrected chi connectivity index (χ0v) is 11.5. The molecule has 0 aromatic heterocycles. The molecule has 0 amide bonds. The third-order valence-corrected chi connectivity index (χ3v) is 3.69. The highest BCUT2D eigenvalue weighted by molar-refractivity contribution is 9.10. The molecule has 1 aliphatic heterocycles. The fourth-order valence-electron chi connectivity index (χ4n) is 1.49. The molecule has 0 radical (unpaired) electrons. The standard InChI is InChI=1S/C11H14BrNO2S/c1-16-3-2-13-6-8-4-10-11(5-9(8)12)15-7-14-10/h4-5,13H,2-3,6-7H2,1H3. The van der Waals surface area contributed by atoms with Crippen molar-refractivity contribution >= 4 is 27.7 Å². The minimum Gasteiger partial charge on any atom is -0.454 e. The SMILES string of the molecule is CSCCNCc1cc2c(cc1Br)OCO2. The van der Waals surface area contributed by atoms with E-state index >= 15 is 0 Å². The highest BCUT2D eigenvalue weighted by atomic mass is 79.9. The predicted molar refractivity (Wildman–Crippen MR) is 70.4 cm³/mol. The van der Waals surface area contributed by atoms with Crippen LogP contribution in [0.5, 0.6) is 11.5 Å². The number of halogens is 1. The van der Waals surface area contributed by atoms with E-state index in [1.54, 1.807) is 0 Å². The molecule has 88 valence electrons. The van der Waals surface area contributed by atoms with Gasteiger partial charge in [0.25, 0.3) is 0 Å². The number of hydrogen-bond donors (Lipinski definition) is 1. The van der Waals surface area contributed by atoms with Gasteiger partial charge in [0.05, 0.1) is 0 Å². The van der Waals surface area contributed by atoms with Crippen molar-refractivity contribution < 1.29 is 9.47 Å². The first-order chi connectivity index (χ1) is 7.81. The largest absolute Gasteiger partial charge is 0.454 e. The molecule has 1 aromatic rings. The Bertz CT molecular complexity index is 373. The lowest BCUT2D eigenvalue weighted by atomic mass is 10.2. The van der Waals surface area contributed by atoms with Crippen molar-refractivity contribution in [2.75, 3.05) is 25.3 Å². The van der Waals surface area contributed by atoms with Crippen LogP contribution in [0.1, 0.15) is 5.56 Å². The maximum absolute atomic E-state index is 5.35. The lowest BCUT2D eigenvalue weighted by Crippen LogP contribution is -2.16. The number of hydrogen-bond acceptors (Lipinski definition) is 4. The Morgan fingerprint density at radius 1 is 1.38 bits per heavy atom. The molecule has 2 rings (SSSR count). The van der Waals surface area contributed by atoms with Gasteiger partial charge < -0.3 is 14.8 Å². The van der Waals surface area contributed by atoms with Gasteiger partial charge in [0.2, 0.25) is 6.79 Å². The Morgan fingerprint density at radius 3 is 2.88 bits per heavy atom. The van der Waals surface area contributed by atoms with E-state index in [0.29, 0.717) is 6.79 Å². The highest BCUT2D eigenvalue weighted by Crippen LogP contribution is 2.36. The zero-order valence-electron chi connectivity index (χ0n) is 9.09. The van der Waals surface area contributed by atoms with Crippen molar-refractivity contribution in [2.45, 2.75) is 6.54 Å². The van der Waals surface area contributed by atoms with Gasteiger partial charge in [-0.25, -0.2) is 0 Å². The summed E-state index contributed by atoms with van der Waals surface area (Å²) < 4.78 is 11.7. The van der Waals surface area contributed by atoms with Crippen LogP contribution in [0.3, 0.4) is 0 Å². The fourth-order valence-corrected chi connectivity index (χ4v) is 2.30. The Kier molecular flexibility index (Phi) is 4.37. The third-order valence-electron chi connectivity index (χ3n) is 2.34. The van der Waals surface area contributed by atoms with Crippen LogP contribution in [0.4, 0.5) is 0 Å². The molecule has 0 spiro atoms. The molecular weight excluding hydrogens is 290 g/mol. The first-order valence-corrected chi connectivity index (χ1v) is 7.27. The van der Waals surface area contributed by atoms with Crippen LogP contribution in [0.15, 0.2) is 16.6 Å². The molecule has 0 bridgehead atoms. The lowest BCUT2D eigenvalue weighted by Gasteiger charge is -2.07.